The van der Waals surface area contributed by atoms with E-state index in [4.69, 9.17) is 9.47 Å². The zero-order valence-electron chi connectivity index (χ0n) is 22.2. The first kappa shape index (κ1) is 24.6. The second kappa shape index (κ2) is 10.2. The summed E-state index contributed by atoms with van der Waals surface area (Å²) in [6, 6.07) is 13.0. The van der Waals surface area contributed by atoms with Gasteiger partial charge in [-0.2, -0.15) is 0 Å². The average molecular weight is 514 g/mol. The minimum Gasteiger partial charge on any atom is -0.493 e. The average Bonchev–Trinajstić information content (AvgIpc) is 3.32. The third-order valence-corrected chi connectivity index (χ3v) is 8.23. The van der Waals surface area contributed by atoms with Gasteiger partial charge in [-0.3, -0.25) is 9.59 Å². The molecule has 0 bridgehead atoms. The smallest absolute Gasteiger partial charge is 0.246 e. The molecule has 7 nitrogen and oxygen atoms in total. The predicted octanol–water partition coefficient (Wildman–Crippen LogP) is 5.15. The highest BCUT2D eigenvalue weighted by Gasteiger charge is 2.48. The molecule has 1 saturated heterocycles. The summed E-state index contributed by atoms with van der Waals surface area (Å²) in [4.78, 5) is 34.9. The molecule has 0 spiro atoms. The highest BCUT2D eigenvalue weighted by molar-refractivity contribution is 5.97. The summed E-state index contributed by atoms with van der Waals surface area (Å²) in [5.74, 6) is 1.30. The summed E-state index contributed by atoms with van der Waals surface area (Å²) < 4.78 is 11.4. The number of piperazine rings is 1. The van der Waals surface area contributed by atoms with E-state index < -0.39 is 12.1 Å². The van der Waals surface area contributed by atoms with Gasteiger partial charge < -0.3 is 24.3 Å². The second-order valence-electron chi connectivity index (χ2n) is 10.4. The van der Waals surface area contributed by atoms with Crippen molar-refractivity contribution in [1.29, 1.82) is 0 Å². The maximum Gasteiger partial charge on any atom is 0.246 e. The van der Waals surface area contributed by atoms with Crippen LogP contribution in [0.4, 0.5) is 0 Å². The summed E-state index contributed by atoms with van der Waals surface area (Å²) in [5, 5.41) is 1.11. The van der Waals surface area contributed by atoms with Crippen molar-refractivity contribution in [2.75, 3.05) is 26.8 Å². The Balaban J connectivity index is 1.40. The number of H-pyrrole nitrogens is 1. The van der Waals surface area contributed by atoms with Gasteiger partial charge >= 0.3 is 0 Å². The predicted molar refractivity (Wildman–Crippen MR) is 146 cm³/mol. The number of benzene rings is 2. The lowest BCUT2D eigenvalue weighted by atomic mass is 9.86. The molecule has 38 heavy (non-hydrogen) atoms. The first-order chi connectivity index (χ1) is 18.6. The van der Waals surface area contributed by atoms with Gasteiger partial charge in [0.2, 0.25) is 11.8 Å². The first-order valence-corrected chi connectivity index (χ1v) is 13.8. The van der Waals surface area contributed by atoms with E-state index in [-0.39, 0.29) is 18.4 Å². The number of ether oxygens (including phenoxy) is 2. The number of carbonyl (C=O) groups excluding carboxylic acids is 2. The Hall–Kier alpha value is -3.74. The maximum atomic E-state index is 13.9. The third kappa shape index (κ3) is 4.24. The van der Waals surface area contributed by atoms with Crippen LogP contribution in [0.1, 0.15) is 61.9 Å². The van der Waals surface area contributed by atoms with Gasteiger partial charge in [-0.1, -0.05) is 35.9 Å². The zero-order valence-corrected chi connectivity index (χ0v) is 22.2. The van der Waals surface area contributed by atoms with E-state index in [0.29, 0.717) is 31.1 Å². The van der Waals surface area contributed by atoms with E-state index in [0.717, 1.165) is 47.0 Å². The van der Waals surface area contributed by atoms with Gasteiger partial charge in [0.1, 0.15) is 6.04 Å². The lowest BCUT2D eigenvalue weighted by Crippen LogP contribution is -2.63. The van der Waals surface area contributed by atoms with Crippen molar-refractivity contribution in [3.05, 3.63) is 70.9 Å². The number of aromatic amines is 1. The van der Waals surface area contributed by atoms with Crippen LogP contribution < -0.4 is 9.47 Å². The summed E-state index contributed by atoms with van der Waals surface area (Å²) in [5.41, 5.74) is 5.40. The molecule has 1 N–H and O–H groups in total. The number of methoxy groups -OCH3 is 1. The number of nitrogens with zero attached hydrogens (tertiary/aromatic N) is 2. The number of fused-ring (bicyclic) bond motifs is 4. The Kier molecular flexibility index (Phi) is 6.60. The molecule has 0 radical (unpaired) electrons. The Morgan fingerprint density at radius 3 is 2.74 bits per heavy atom. The maximum absolute atomic E-state index is 13.9. The van der Waals surface area contributed by atoms with E-state index in [9.17, 15) is 9.59 Å². The minimum absolute atomic E-state index is 0.0191. The zero-order chi connectivity index (χ0) is 26.2. The molecule has 1 aromatic heterocycles. The molecule has 2 aromatic carbocycles. The number of nitrogens with one attached hydrogen (secondary N) is 1. The third-order valence-electron chi connectivity index (χ3n) is 8.23. The minimum atomic E-state index is -0.536. The van der Waals surface area contributed by atoms with Crippen LogP contribution in [0.15, 0.2) is 54.1 Å². The van der Waals surface area contributed by atoms with Crippen LogP contribution in [-0.4, -0.2) is 59.4 Å². The summed E-state index contributed by atoms with van der Waals surface area (Å²) in [6.45, 7) is 3.18. The Bertz CT molecular complexity index is 1410. The van der Waals surface area contributed by atoms with E-state index >= 15 is 0 Å². The number of amides is 2. The highest BCUT2D eigenvalue weighted by Crippen LogP contribution is 2.44. The first-order valence-electron chi connectivity index (χ1n) is 13.8. The van der Waals surface area contributed by atoms with Crippen molar-refractivity contribution in [2.45, 2.75) is 57.5 Å². The van der Waals surface area contributed by atoms with E-state index in [1.54, 1.807) is 12.0 Å². The van der Waals surface area contributed by atoms with Crippen LogP contribution in [0.3, 0.4) is 0 Å². The topological polar surface area (TPSA) is 74.9 Å². The normalized spacial score (nSPS) is 21.3. The number of allylic oxidation sites excluding steroid dienone is 1. The quantitative estimate of drug-likeness (QED) is 0.444. The monoisotopic (exact) mass is 513 g/mol. The molecule has 3 aliphatic rings. The van der Waals surface area contributed by atoms with Crippen LogP contribution in [0, 0.1) is 0 Å². The lowest BCUT2D eigenvalue weighted by molar-refractivity contribution is -0.158. The molecule has 2 atom stereocenters. The SMILES string of the molecule is CCOc1ccc([C@H]2c3[nH]c4ccccc4c3C[C@H]3C(=O)N(CCC4=CCCCC4)CC(=O)N23)cc1OC. The van der Waals surface area contributed by atoms with Crippen LogP contribution in [0.2, 0.25) is 0 Å². The number of hydrogen-bond acceptors (Lipinski definition) is 4. The van der Waals surface area contributed by atoms with Gasteiger partial charge in [0.05, 0.1) is 26.3 Å². The van der Waals surface area contributed by atoms with Gasteiger partial charge in [0.15, 0.2) is 11.5 Å². The van der Waals surface area contributed by atoms with Crippen molar-refractivity contribution < 1.29 is 19.1 Å². The molecular weight excluding hydrogens is 478 g/mol. The number of rotatable bonds is 7. The summed E-state index contributed by atoms with van der Waals surface area (Å²) >= 11 is 0. The standard InChI is InChI=1S/C31H35N3O4/c1-3-38-26-14-13-21(17-27(26)37-2)30-29-23(22-11-7-8-12-24(22)32-29)18-25-31(36)33(19-28(35)34(25)30)16-15-20-9-5-4-6-10-20/h7-9,11-14,17,25,30,32H,3-6,10,15-16,18-19H2,1-2H3/t25-,30-/m0/s1. The Morgan fingerprint density at radius 1 is 1.08 bits per heavy atom. The van der Waals surface area contributed by atoms with Crippen LogP contribution in [-0.2, 0) is 16.0 Å². The molecular formula is C31H35N3O4. The fraction of sp³-hybridized carbons (Fsp3) is 0.419. The molecule has 2 amide bonds. The second-order valence-corrected chi connectivity index (χ2v) is 10.4. The van der Waals surface area contributed by atoms with Crippen LogP contribution in [0.25, 0.3) is 10.9 Å². The molecule has 0 saturated carbocycles. The van der Waals surface area contributed by atoms with E-state index in [1.165, 1.54) is 18.4 Å². The largest absolute Gasteiger partial charge is 0.493 e. The molecule has 2 aliphatic heterocycles. The van der Waals surface area contributed by atoms with Gasteiger partial charge in [0, 0.05) is 29.6 Å². The van der Waals surface area contributed by atoms with Crippen molar-refractivity contribution in [1.82, 2.24) is 14.8 Å². The molecule has 3 aromatic rings. The van der Waals surface area contributed by atoms with Crippen LogP contribution in [0.5, 0.6) is 11.5 Å². The molecule has 3 heterocycles. The van der Waals surface area contributed by atoms with E-state index in [2.05, 4.69) is 23.2 Å². The number of aromatic nitrogens is 1. The molecule has 7 heteroatoms. The van der Waals surface area contributed by atoms with Crippen LogP contribution >= 0.6 is 0 Å². The molecule has 198 valence electrons. The number of carbonyl (C=O) groups is 2. The Labute approximate surface area is 223 Å². The fourth-order valence-electron chi connectivity index (χ4n) is 6.40. The van der Waals surface area contributed by atoms with E-state index in [1.807, 2.05) is 42.2 Å². The Morgan fingerprint density at radius 2 is 1.95 bits per heavy atom. The van der Waals surface area contributed by atoms with Gasteiger partial charge in [-0.25, -0.2) is 0 Å². The summed E-state index contributed by atoms with van der Waals surface area (Å²) in [6.07, 6.45) is 8.36. The lowest BCUT2D eigenvalue weighted by Gasteiger charge is -2.47. The molecule has 0 unspecified atom stereocenters. The molecule has 1 aliphatic carbocycles. The molecule has 6 rings (SSSR count). The number of hydrogen-bond donors (Lipinski definition) is 1. The van der Waals surface area contributed by atoms with Gasteiger partial charge in [-0.15, -0.1) is 0 Å². The number of para-hydroxylation sites is 1. The highest BCUT2D eigenvalue weighted by atomic mass is 16.5. The molecule has 1 fully saturated rings. The van der Waals surface area contributed by atoms with Crippen molar-refractivity contribution >= 4 is 22.7 Å². The van der Waals surface area contributed by atoms with Crippen molar-refractivity contribution in [2.24, 2.45) is 0 Å². The van der Waals surface area contributed by atoms with Gasteiger partial charge in [0.25, 0.3) is 0 Å². The van der Waals surface area contributed by atoms with Gasteiger partial charge in [-0.05, 0) is 68.4 Å². The van der Waals surface area contributed by atoms with Crippen molar-refractivity contribution in [3.63, 3.8) is 0 Å². The van der Waals surface area contributed by atoms with Crippen molar-refractivity contribution in [3.8, 4) is 11.5 Å². The fourth-order valence-corrected chi connectivity index (χ4v) is 6.40. The summed E-state index contributed by atoms with van der Waals surface area (Å²) in [7, 11) is 1.62.